The highest BCUT2D eigenvalue weighted by Crippen LogP contribution is 2.30. The second-order valence-electron chi connectivity index (χ2n) is 6.68. The van der Waals surface area contributed by atoms with Gasteiger partial charge in [-0.1, -0.05) is 17.7 Å². The first-order chi connectivity index (χ1) is 13.0. The van der Waals surface area contributed by atoms with E-state index in [0.29, 0.717) is 6.54 Å². The van der Waals surface area contributed by atoms with Gasteiger partial charge in [0.2, 0.25) is 5.91 Å². The van der Waals surface area contributed by atoms with Gasteiger partial charge in [-0.15, -0.1) is 0 Å². The number of nitro groups is 1. The summed E-state index contributed by atoms with van der Waals surface area (Å²) in [5.74, 6) is -1.57. The van der Waals surface area contributed by atoms with Crippen LogP contribution in [0.15, 0.2) is 29.8 Å². The molecule has 0 bridgehead atoms. The van der Waals surface area contributed by atoms with Crippen molar-refractivity contribution >= 4 is 23.4 Å². The van der Waals surface area contributed by atoms with Crippen LogP contribution in [0, 0.1) is 10.1 Å². The van der Waals surface area contributed by atoms with Crippen molar-refractivity contribution in [2.75, 3.05) is 13.1 Å². The van der Waals surface area contributed by atoms with E-state index < -0.39 is 22.4 Å². The Morgan fingerprint density at radius 2 is 2.04 bits per heavy atom. The van der Waals surface area contributed by atoms with Crippen molar-refractivity contribution in [1.82, 2.24) is 10.2 Å². The molecular weight excluding hydrogens is 350 g/mol. The molecule has 3 rings (SSSR count). The van der Waals surface area contributed by atoms with Crippen LogP contribution in [0.4, 0.5) is 5.69 Å². The zero-order valence-corrected chi connectivity index (χ0v) is 14.9. The van der Waals surface area contributed by atoms with Crippen molar-refractivity contribution in [3.63, 3.8) is 0 Å². The van der Waals surface area contributed by atoms with Gasteiger partial charge in [0.25, 0.3) is 17.5 Å². The molecule has 0 unspecified atom stereocenters. The number of carbonyl (C=O) groups is 3. The minimum absolute atomic E-state index is 0.0128. The number of amides is 3. The molecule has 0 saturated heterocycles. The normalized spacial score (nSPS) is 16.1. The van der Waals surface area contributed by atoms with E-state index in [2.05, 4.69) is 11.4 Å². The summed E-state index contributed by atoms with van der Waals surface area (Å²) in [7, 11) is 0. The Bertz CT molecular complexity index is 831. The van der Waals surface area contributed by atoms with Gasteiger partial charge in [0, 0.05) is 25.6 Å². The van der Waals surface area contributed by atoms with Crippen LogP contribution < -0.4 is 5.32 Å². The van der Waals surface area contributed by atoms with Crippen LogP contribution >= 0.6 is 0 Å². The van der Waals surface area contributed by atoms with E-state index in [-0.39, 0.29) is 30.0 Å². The van der Waals surface area contributed by atoms with Gasteiger partial charge in [-0.05, 0) is 38.2 Å². The summed E-state index contributed by atoms with van der Waals surface area (Å²) in [6.07, 6.45) is 7.57. The Morgan fingerprint density at radius 1 is 1.22 bits per heavy atom. The first-order valence-electron chi connectivity index (χ1n) is 9.07. The van der Waals surface area contributed by atoms with Crippen LogP contribution in [0.25, 0.3) is 0 Å². The zero-order chi connectivity index (χ0) is 19.4. The van der Waals surface area contributed by atoms with Crippen molar-refractivity contribution in [1.29, 1.82) is 0 Å². The maximum absolute atomic E-state index is 12.4. The van der Waals surface area contributed by atoms with E-state index in [0.717, 1.165) is 24.2 Å². The lowest BCUT2D eigenvalue weighted by atomic mass is 9.97. The van der Waals surface area contributed by atoms with Crippen LogP contribution in [-0.2, 0) is 4.79 Å². The molecule has 1 aromatic rings. The van der Waals surface area contributed by atoms with E-state index in [1.165, 1.54) is 36.6 Å². The molecule has 8 nitrogen and oxygen atoms in total. The van der Waals surface area contributed by atoms with Crippen molar-refractivity contribution in [3.8, 4) is 0 Å². The molecule has 0 aromatic heterocycles. The van der Waals surface area contributed by atoms with Gasteiger partial charge in [0.05, 0.1) is 10.5 Å². The summed E-state index contributed by atoms with van der Waals surface area (Å²) < 4.78 is 0. The molecule has 0 atom stereocenters. The van der Waals surface area contributed by atoms with Crippen LogP contribution in [0.5, 0.6) is 0 Å². The van der Waals surface area contributed by atoms with Crippen molar-refractivity contribution < 1.29 is 19.3 Å². The molecule has 1 aromatic carbocycles. The average molecular weight is 371 g/mol. The molecule has 1 N–H and O–H groups in total. The molecule has 142 valence electrons. The van der Waals surface area contributed by atoms with Crippen LogP contribution in [0.3, 0.4) is 0 Å². The van der Waals surface area contributed by atoms with Gasteiger partial charge in [-0.25, -0.2) is 0 Å². The third-order valence-corrected chi connectivity index (χ3v) is 4.89. The minimum Gasteiger partial charge on any atom is -0.356 e. The topological polar surface area (TPSA) is 110 Å². The zero-order valence-electron chi connectivity index (χ0n) is 14.9. The van der Waals surface area contributed by atoms with Gasteiger partial charge in [-0.2, -0.15) is 0 Å². The lowest BCUT2D eigenvalue weighted by Gasteiger charge is -2.15. The van der Waals surface area contributed by atoms with E-state index in [4.69, 9.17) is 0 Å². The summed E-state index contributed by atoms with van der Waals surface area (Å²) in [5, 5.41) is 13.9. The Morgan fingerprint density at radius 3 is 2.74 bits per heavy atom. The molecule has 27 heavy (non-hydrogen) atoms. The summed E-state index contributed by atoms with van der Waals surface area (Å²) in [5.41, 5.74) is 0.781. The van der Waals surface area contributed by atoms with E-state index >= 15 is 0 Å². The molecule has 1 aliphatic carbocycles. The van der Waals surface area contributed by atoms with Crippen molar-refractivity contribution in [2.45, 2.75) is 38.5 Å². The highest BCUT2D eigenvalue weighted by Gasteiger charge is 2.40. The highest BCUT2D eigenvalue weighted by atomic mass is 16.6. The molecule has 2 aliphatic rings. The van der Waals surface area contributed by atoms with E-state index in [9.17, 15) is 24.5 Å². The standard InChI is InChI=1S/C19H21N3O5/c23-16(20-11-9-13-5-2-1-3-6-13)10-12-21-18(24)14-7-4-8-15(22(26)27)17(14)19(21)25/h4-5,7-8H,1-3,6,9-12H2,(H,20,23). The fraction of sp³-hybridized carbons (Fsp3) is 0.421. The molecule has 0 fully saturated rings. The van der Waals surface area contributed by atoms with Crippen LogP contribution in [-0.4, -0.2) is 40.6 Å². The Labute approximate surface area is 156 Å². The third kappa shape index (κ3) is 4.05. The van der Waals surface area contributed by atoms with E-state index in [1.54, 1.807) is 0 Å². The number of nitrogens with one attached hydrogen (secondary N) is 1. The molecule has 1 heterocycles. The SMILES string of the molecule is O=C(CCN1C(=O)c2cccc([N+](=O)[O-])c2C1=O)NCCC1=CCCCC1. The summed E-state index contributed by atoms with van der Waals surface area (Å²) in [6, 6.07) is 3.96. The number of allylic oxidation sites excluding steroid dienone is 1. The second-order valence-corrected chi connectivity index (χ2v) is 6.68. The van der Waals surface area contributed by atoms with E-state index in [1.807, 2.05) is 0 Å². The quantitative estimate of drug-likeness (QED) is 0.343. The maximum atomic E-state index is 12.4. The fourth-order valence-electron chi connectivity index (χ4n) is 3.47. The third-order valence-electron chi connectivity index (χ3n) is 4.89. The van der Waals surface area contributed by atoms with Gasteiger partial charge in [0.1, 0.15) is 5.56 Å². The smallest absolute Gasteiger partial charge is 0.282 e. The van der Waals surface area contributed by atoms with Crippen molar-refractivity contribution in [2.24, 2.45) is 0 Å². The molecule has 0 spiro atoms. The summed E-state index contributed by atoms with van der Waals surface area (Å²) in [6.45, 7) is 0.427. The first-order valence-corrected chi connectivity index (χ1v) is 9.07. The lowest BCUT2D eigenvalue weighted by Crippen LogP contribution is -2.35. The van der Waals surface area contributed by atoms with Gasteiger partial charge in [0.15, 0.2) is 0 Å². The average Bonchev–Trinajstić information content (AvgIpc) is 2.91. The second kappa shape index (κ2) is 8.11. The van der Waals surface area contributed by atoms with Gasteiger partial charge >= 0.3 is 0 Å². The molecule has 1 aliphatic heterocycles. The molecule has 0 saturated carbocycles. The predicted molar refractivity (Wildman–Crippen MR) is 97.3 cm³/mol. The van der Waals surface area contributed by atoms with Crippen LogP contribution in [0.1, 0.15) is 59.2 Å². The Kier molecular flexibility index (Phi) is 5.63. The molecular formula is C19H21N3O5. The number of rotatable bonds is 7. The summed E-state index contributed by atoms with van der Waals surface area (Å²) in [4.78, 5) is 48.1. The molecule has 8 heteroatoms. The Balaban J connectivity index is 1.54. The number of benzene rings is 1. The maximum Gasteiger partial charge on any atom is 0.282 e. The number of fused-ring (bicyclic) bond motifs is 1. The number of imide groups is 1. The summed E-state index contributed by atoms with van der Waals surface area (Å²) >= 11 is 0. The van der Waals surface area contributed by atoms with Gasteiger partial charge in [-0.3, -0.25) is 29.4 Å². The number of nitro benzene ring substituents is 1. The molecule has 0 radical (unpaired) electrons. The number of hydrogen-bond acceptors (Lipinski definition) is 5. The number of carbonyl (C=O) groups excluding carboxylic acids is 3. The highest BCUT2D eigenvalue weighted by molar-refractivity contribution is 6.23. The largest absolute Gasteiger partial charge is 0.356 e. The van der Waals surface area contributed by atoms with Gasteiger partial charge < -0.3 is 5.32 Å². The van der Waals surface area contributed by atoms with Crippen LogP contribution in [0.2, 0.25) is 0 Å². The Hall–Kier alpha value is -3.03. The predicted octanol–water partition coefficient (Wildman–Crippen LogP) is 2.59. The first kappa shape index (κ1) is 18.8. The fourth-order valence-corrected chi connectivity index (χ4v) is 3.47. The monoisotopic (exact) mass is 371 g/mol. The number of nitrogens with zero attached hydrogens (tertiary/aromatic N) is 2. The number of hydrogen-bond donors (Lipinski definition) is 1. The molecule has 3 amide bonds. The minimum atomic E-state index is -0.720. The van der Waals surface area contributed by atoms with Crippen molar-refractivity contribution in [3.05, 3.63) is 51.1 Å². The lowest BCUT2D eigenvalue weighted by molar-refractivity contribution is -0.385.